The van der Waals surface area contributed by atoms with Crippen LogP contribution in [0.5, 0.6) is 0 Å². The molecule has 0 radical (unpaired) electrons. The van der Waals surface area contributed by atoms with Gasteiger partial charge in [0.25, 0.3) is 11.8 Å². The van der Waals surface area contributed by atoms with Gasteiger partial charge in [0.1, 0.15) is 24.2 Å². The maximum Gasteiger partial charge on any atom is 0.497 e. The van der Waals surface area contributed by atoms with Crippen molar-refractivity contribution in [3.8, 4) is 11.1 Å². The van der Waals surface area contributed by atoms with Crippen molar-refractivity contribution in [2.75, 3.05) is 13.1 Å². The number of hydrogen-bond acceptors (Lipinski definition) is 12. The van der Waals surface area contributed by atoms with Crippen molar-refractivity contribution in [2.45, 2.75) is 121 Å². The van der Waals surface area contributed by atoms with Gasteiger partial charge in [-0.05, 0) is 113 Å². The second-order valence-corrected chi connectivity index (χ2v) is 17.0. The molecule has 0 aromatic heterocycles. The van der Waals surface area contributed by atoms with Gasteiger partial charge in [-0.3, -0.25) is 24.0 Å². The monoisotopic (exact) mass is 819 g/mol. The number of carbonyl (C=O) groups excluding carboxylic acids is 5. The standard InChI is InChI=1S/C41H62BN9O8/c1-22-9-11-24(12-10-22)25-13-15-26(16-14-25)34(53)47-29(17-19-44)35(54)49-32(23(2)52)37(56)50-33(45)38(57)48-28(8-6-7-18-43)36(55)51-39(46)42-58-31-21-27-20-30(40(27,3)4)41(31,5)59-42/h9-16,23,27-33,39,52H,6-8,17-21,43-46H2,1-5H3,(H,47,53)(H,48,57)(H,49,54)(H,50,56)(H,51,55)/t23-,27+,28+,29+,30+,31-,32+,33-,39-,41+/m1/s1. The molecule has 59 heavy (non-hydrogen) atoms. The van der Waals surface area contributed by atoms with Crippen molar-refractivity contribution in [1.82, 2.24) is 26.6 Å². The number of nitrogens with one attached hydrogen (secondary N) is 5. The lowest BCUT2D eigenvalue weighted by Gasteiger charge is -2.64. The molecule has 322 valence electrons. The molecule has 10 atom stereocenters. The Morgan fingerprint density at radius 3 is 1.98 bits per heavy atom. The Kier molecular flexibility index (Phi) is 14.9. The predicted molar refractivity (Wildman–Crippen MR) is 222 cm³/mol. The predicted octanol–water partition coefficient (Wildman–Crippen LogP) is -0.342. The van der Waals surface area contributed by atoms with Crippen molar-refractivity contribution in [3.63, 3.8) is 0 Å². The zero-order valence-electron chi connectivity index (χ0n) is 34.7. The van der Waals surface area contributed by atoms with E-state index in [2.05, 4.69) is 40.4 Å². The summed E-state index contributed by atoms with van der Waals surface area (Å²) in [6, 6.07) is 9.89. The van der Waals surface area contributed by atoms with Crippen molar-refractivity contribution < 1.29 is 38.4 Å². The van der Waals surface area contributed by atoms with Gasteiger partial charge < -0.3 is 63.9 Å². The Bertz CT molecular complexity index is 1820. The zero-order valence-corrected chi connectivity index (χ0v) is 34.7. The van der Waals surface area contributed by atoms with E-state index < -0.39 is 78.7 Å². The van der Waals surface area contributed by atoms with E-state index in [1.54, 1.807) is 24.3 Å². The molecular weight excluding hydrogens is 757 g/mol. The van der Waals surface area contributed by atoms with Gasteiger partial charge in [0.2, 0.25) is 17.7 Å². The van der Waals surface area contributed by atoms with E-state index in [4.69, 9.17) is 32.2 Å². The third-order valence-electron chi connectivity index (χ3n) is 12.4. The SMILES string of the molecule is Cc1ccc(-c2ccc(C(=O)N[C@@H](CCN)C(=O)N[C@H](C(=O)N[C@@H](N)C(=O)N[C@@H](CCCCN)C(=O)N[C@@H](N)B3O[C@@H]4C[C@@H]5C[C@@H](C5(C)C)[C@]4(C)O3)[C@@H](C)O)cc2)cc1. The first-order valence-electron chi connectivity index (χ1n) is 20.5. The van der Waals surface area contributed by atoms with Crippen LogP contribution in [0.25, 0.3) is 11.1 Å². The number of hydrogen-bond donors (Lipinski definition) is 10. The first-order valence-corrected chi connectivity index (χ1v) is 20.5. The molecule has 17 nitrogen and oxygen atoms in total. The minimum Gasteiger partial charge on any atom is -0.403 e. The van der Waals surface area contributed by atoms with Gasteiger partial charge in [0, 0.05) is 5.56 Å². The third-order valence-corrected chi connectivity index (χ3v) is 12.4. The van der Waals surface area contributed by atoms with Gasteiger partial charge in [0.05, 0.1) is 17.8 Å². The number of aliphatic hydroxyl groups is 1. The van der Waals surface area contributed by atoms with E-state index >= 15 is 0 Å². The highest BCUT2D eigenvalue weighted by Gasteiger charge is 2.68. The number of nitrogens with two attached hydrogens (primary N) is 4. The fraction of sp³-hybridized carbons (Fsp3) is 0.585. The van der Waals surface area contributed by atoms with E-state index in [1.807, 2.05) is 38.1 Å². The smallest absolute Gasteiger partial charge is 0.403 e. The van der Waals surface area contributed by atoms with Crippen LogP contribution in [0.15, 0.2) is 48.5 Å². The Hall–Kier alpha value is -4.43. The minimum absolute atomic E-state index is 0.0183. The van der Waals surface area contributed by atoms with Gasteiger partial charge in [-0.25, -0.2) is 0 Å². The molecule has 4 aliphatic rings. The molecule has 0 spiro atoms. The molecule has 18 heteroatoms. The van der Waals surface area contributed by atoms with E-state index in [0.717, 1.165) is 29.5 Å². The maximum absolute atomic E-state index is 13.5. The maximum atomic E-state index is 13.5. The fourth-order valence-corrected chi connectivity index (χ4v) is 8.61. The molecule has 2 aromatic rings. The number of benzene rings is 2. The molecule has 0 unspecified atom stereocenters. The van der Waals surface area contributed by atoms with Crippen LogP contribution in [0, 0.1) is 24.2 Å². The summed E-state index contributed by atoms with van der Waals surface area (Å²) in [6.45, 7) is 10.2. The summed E-state index contributed by atoms with van der Waals surface area (Å²) in [4.78, 5) is 66.8. The van der Waals surface area contributed by atoms with Gasteiger partial charge in [-0.2, -0.15) is 0 Å². The average Bonchev–Trinajstić information content (AvgIpc) is 3.57. The number of carbonyl (C=O) groups is 5. The number of unbranched alkanes of at least 4 members (excludes halogenated alkanes) is 1. The summed E-state index contributed by atoms with van der Waals surface area (Å²) in [5, 5.41) is 23.2. The highest BCUT2D eigenvalue weighted by atomic mass is 16.7. The van der Waals surface area contributed by atoms with Crippen LogP contribution in [0.4, 0.5) is 0 Å². The van der Waals surface area contributed by atoms with Crippen LogP contribution < -0.4 is 49.5 Å². The van der Waals surface area contributed by atoms with Gasteiger partial charge in [0.15, 0.2) is 6.17 Å². The molecule has 6 rings (SSSR count). The molecule has 5 amide bonds. The van der Waals surface area contributed by atoms with Gasteiger partial charge in [-0.1, -0.05) is 55.8 Å². The topological polar surface area (TPSA) is 288 Å². The summed E-state index contributed by atoms with van der Waals surface area (Å²) in [5.74, 6) is -3.03. The lowest BCUT2D eigenvalue weighted by Crippen LogP contribution is -2.65. The molecule has 4 fully saturated rings. The summed E-state index contributed by atoms with van der Waals surface area (Å²) in [7, 11) is -0.896. The number of aliphatic hydroxyl groups excluding tert-OH is 1. The fourth-order valence-electron chi connectivity index (χ4n) is 8.61. The summed E-state index contributed by atoms with van der Waals surface area (Å²) >= 11 is 0. The van der Waals surface area contributed by atoms with Crippen LogP contribution in [0.2, 0.25) is 0 Å². The van der Waals surface area contributed by atoms with Crippen molar-refractivity contribution in [2.24, 2.45) is 40.2 Å². The Labute approximate surface area is 346 Å². The van der Waals surface area contributed by atoms with Crippen LogP contribution in [0.3, 0.4) is 0 Å². The van der Waals surface area contributed by atoms with Gasteiger partial charge >= 0.3 is 7.12 Å². The summed E-state index contributed by atoms with van der Waals surface area (Å²) in [5.41, 5.74) is 26.8. The molecular formula is C41H62BN9O8. The Morgan fingerprint density at radius 2 is 1.39 bits per heavy atom. The zero-order chi connectivity index (χ0) is 43.2. The quantitative estimate of drug-likeness (QED) is 0.0495. The van der Waals surface area contributed by atoms with E-state index in [0.29, 0.717) is 36.8 Å². The molecule has 3 aliphatic carbocycles. The largest absolute Gasteiger partial charge is 0.497 e. The average molecular weight is 820 g/mol. The molecule has 1 saturated heterocycles. The molecule has 2 bridgehead atoms. The van der Waals surface area contributed by atoms with Crippen LogP contribution in [0.1, 0.15) is 82.1 Å². The van der Waals surface area contributed by atoms with Crippen LogP contribution in [-0.4, -0.2) is 103 Å². The summed E-state index contributed by atoms with van der Waals surface area (Å²) in [6.07, 6.45) is -0.144. The van der Waals surface area contributed by atoms with E-state index in [-0.39, 0.29) is 30.9 Å². The lowest BCUT2D eigenvalue weighted by molar-refractivity contribution is -0.199. The number of rotatable bonds is 19. The first kappa shape index (κ1) is 45.7. The van der Waals surface area contributed by atoms with Crippen molar-refractivity contribution in [3.05, 3.63) is 59.7 Å². The third kappa shape index (κ3) is 10.5. The van der Waals surface area contributed by atoms with E-state index in [9.17, 15) is 29.1 Å². The number of amides is 5. The molecule has 14 N–H and O–H groups in total. The van der Waals surface area contributed by atoms with Crippen molar-refractivity contribution in [1.29, 1.82) is 0 Å². The van der Waals surface area contributed by atoms with E-state index in [1.165, 1.54) is 6.92 Å². The van der Waals surface area contributed by atoms with Crippen molar-refractivity contribution >= 4 is 36.7 Å². The Morgan fingerprint density at radius 1 is 0.780 bits per heavy atom. The molecule has 3 saturated carbocycles. The molecule has 1 aliphatic heterocycles. The normalized spacial score (nSPS) is 24.5. The number of aryl methyl sites for hydroxylation is 1. The molecule has 1 heterocycles. The molecule has 2 aromatic carbocycles. The highest BCUT2D eigenvalue weighted by molar-refractivity contribution is 6.47. The second kappa shape index (κ2) is 19.3. The summed E-state index contributed by atoms with van der Waals surface area (Å²) < 4.78 is 12.6. The minimum atomic E-state index is -1.69. The van der Waals surface area contributed by atoms with Crippen LogP contribution in [-0.2, 0) is 28.5 Å². The Balaban J connectivity index is 1.15. The van der Waals surface area contributed by atoms with Crippen LogP contribution >= 0.6 is 0 Å². The van der Waals surface area contributed by atoms with Gasteiger partial charge in [-0.15, -0.1) is 0 Å². The first-order chi connectivity index (χ1) is 27.9. The lowest BCUT2D eigenvalue weighted by atomic mass is 9.43. The second-order valence-electron chi connectivity index (χ2n) is 17.0. The highest BCUT2D eigenvalue weighted by Crippen LogP contribution is 2.65.